The van der Waals surface area contributed by atoms with Crippen LogP contribution in [0.4, 0.5) is 5.82 Å². The maximum Gasteiger partial charge on any atom is 0.211 e. The Kier molecular flexibility index (Phi) is 7.67. The molecule has 4 rings (SSSR count). The van der Waals surface area contributed by atoms with Crippen LogP contribution in [0.2, 0.25) is 0 Å². The fourth-order valence-electron chi connectivity index (χ4n) is 4.69. The molecule has 1 aromatic heterocycles. The number of likely N-dealkylation sites (N-methyl/N-ethyl adjacent to an activating group) is 1. The average molecular weight is 503 g/mol. The average Bonchev–Trinajstić information content (AvgIpc) is 2.84. The third kappa shape index (κ3) is 5.65. The van der Waals surface area contributed by atoms with E-state index in [4.69, 9.17) is 16.6 Å². The smallest absolute Gasteiger partial charge is 0.211 e. The van der Waals surface area contributed by atoms with Gasteiger partial charge in [-0.2, -0.15) is 0 Å². The molecule has 2 aromatic rings. The molecule has 2 aliphatic rings. The molecule has 6 nitrogen and oxygen atoms in total. The van der Waals surface area contributed by atoms with Crippen LogP contribution in [0.5, 0.6) is 0 Å². The van der Waals surface area contributed by atoms with Crippen LogP contribution in [0.15, 0.2) is 54.1 Å². The summed E-state index contributed by atoms with van der Waals surface area (Å²) in [4.78, 5) is 9.24. The van der Waals surface area contributed by atoms with Crippen molar-refractivity contribution in [1.29, 1.82) is 0 Å². The Bertz CT molecular complexity index is 1190. The summed E-state index contributed by atoms with van der Waals surface area (Å²) in [5, 5.41) is 2.30. The quantitative estimate of drug-likeness (QED) is 0.541. The highest BCUT2D eigenvalue weighted by Gasteiger charge is 2.31. The minimum Gasteiger partial charge on any atom is -0.354 e. The number of benzene rings is 1. The third-order valence-corrected chi connectivity index (χ3v) is 8.79. The molecule has 184 valence electrons. The summed E-state index contributed by atoms with van der Waals surface area (Å²) in [5.41, 5.74) is 1.94. The minimum atomic E-state index is -3.22. The van der Waals surface area contributed by atoms with Gasteiger partial charge in [0.25, 0.3) is 0 Å². The zero-order valence-electron chi connectivity index (χ0n) is 20.3. The second-order valence-electron chi connectivity index (χ2n) is 9.28. The number of pyridine rings is 1. The molecular weight excluding hydrogens is 468 g/mol. The molecule has 2 atom stereocenters. The van der Waals surface area contributed by atoms with Gasteiger partial charge in [-0.25, -0.2) is 18.1 Å². The second-order valence-corrected chi connectivity index (χ2v) is 12.0. The number of alkyl halides is 1. The molecule has 1 saturated heterocycles. The lowest BCUT2D eigenvalue weighted by atomic mass is 9.90. The van der Waals surface area contributed by atoms with E-state index in [9.17, 15) is 8.42 Å². The van der Waals surface area contributed by atoms with Crippen molar-refractivity contribution in [2.75, 3.05) is 43.4 Å². The molecule has 34 heavy (non-hydrogen) atoms. The summed E-state index contributed by atoms with van der Waals surface area (Å²) in [6.45, 7) is 10.8. The topological polar surface area (TPSA) is 65.5 Å². The van der Waals surface area contributed by atoms with Gasteiger partial charge < -0.3 is 9.80 Å². The Morgan fingerprint density at radius 1 is 1.18 bits per heavy atom. The van der Waals surface area contributed by atoms with Crippen LogP contribution in [0.3, 0.4) is 0 Å². The molecule has 2 unspecified atom stereocenters. The number of fused-ring (bicyclic) bond motifs is 1. The maximum atomic E-state index is 11.9. The summed E-state index contributed by atoms with van der Waals surface area (Å²) < 4.78 is 26.4. The molecule has 0 bridgehead atoms. The van der Waals surface area contributed by atoms with Gasteiger partial charge in [0.05, 0.1) is 11.4 Å². The molecular formula is C26H35ClN4O2S. The molecule has 8 heteroatoms. The van der Waals surface area contributed by atoms with E-state index >= 15 is 0 Å². The van der Waals surface area contributed by atoms with Crippen LogP contribution in [0.1, 0.15) is 39.3 Å². The number of aromatic nitrogens is 1. The largest absolute Gasteiger partial charge is 0.354 e. The van der Waals surface area contributed by atoms with Crippen molar-refractivity contribution >= 4 is 38.2 Å². The van der Waals surface area contributed by atoms with E-state index in [1.807, 2.05) is 19.1 Å². The van der Waals surface area contributed by atoms with E-state index in [1.54, 1.807) is 6.92 Å². The number of allylic oxidation sites excluding steroid dienone is 3. The van der Waals surface area contributed by atoms with E-state index in [2.05, 4.69) is 57.9 Å². The van der Waals surface area contributed by atoms with Crippen molar-refractivity contribution < 1.29 is 8.42 Å². The zero-order chi connectivity index (χ0) is 24.3. The molecule has 2 heterocycles. The van der Waals surface area contributed by atoms with Crippen LogP contribution in [0.25, 0.3) is 10.8 Å². The Labute approximate surface area is 208 Å². The third-order valence-electron chi connectivity index (χ3n) is 6.79. The maximum absolute atomic E-state index is 11.9. The van der Waals surface area contributed by atoms with Gasteiger partial charge in [0.1, 0.15) is 10.7 Å². The number of nitrogens with one attached hydrogen (secondary N) is 1. The Morgan fingerprint density at radius 2 is 1.91 bits per heavy atom. The van der Waals surface area contributed by atoms with Crippen molar-refractivity contribution in [2.24, 2.45) is 0 Å². The van der Waals surface area contributed by atoms with Gasteiger partial charge in [0.2, 0.25) is 10.0 Å². The van der Waals surface area contributed by atoms with Crippen LogP contribution in [-0.2, 0) is 14.9 Å². The number of halogens is 1. The van der Waals surface area contributed by atoms with Crippen molar-refractivity contribution in [3.8, 4) is 0 Å². The lowest BCUT2D eigenvalue weighted by Gasteiger charge is -2.36. The number of hydrogen-bond donors (Lipinski definition) is 1. The number of nitrogens with zero attached hydrogens (tertiary/aromatic N) is 3. The highest BCUT2D eigenvalue weighted by Crippen LogP contribution is 2.40. The summed E-state index contributed by atoms with van der Waals surface area (Å²) in [7, 11) is -3.22. The van der Waals surface area contributed by atoms with Crippen LogP contribution < -0.4 is 9.62 Å². The zero-order valence-corrected chi connectivity index (χ0v) is 21.9. The first kappa shape index (κ1) is 25.2. The molecule has 1 aromatic carbocycles. The summed E-state index contributed by atoms with van der Waals surface area (Å²) in [6.07, 6.45) is 7.38. The Balaban J connectivity index is 1.56. The lowest BCUT2D eigenvalue weighted by molar-refractivity contribution is 0.270. The first-order chi connectivity index (χ1) is 16.2. The Hall–Kier alpha value is -1.93. The first-order valence-electron chi connectivity index (χ1n) is 12.2. The minimum absolute atomic E-state index is 0.0838. The number of hydrogen-bond acceptors (Lipinski definition) is 5. The highest BCUT2D eigenvalue weighted by molar-refractivity contribution is 7.89. The second kappa shape index (κ2) is 10.4. The van der Waals surface area contributed by atoms with Gasteiger partial charge in [-0.05, 0) is 44.7 Å². The summed E-state index contributed by atoms with van der Waals surface area (Å²) in [6, 6.07) is 10.3. The predicted octanol–water partition coefficient (Wildman–Crippen LogP) is 4.42. The number of anilines is 1. The molecule has 0 spiro atoms. The van der Waals surface area contributed by atoms with Crippen molar-refractivity contribution in [3.05, 3.63) is 59.8 Å². The molecule has 1 aliphatic heterocycles. The predicted molar refractivity (Wildman–Crippen MR) is 142 cm³/mol. The standard InChI is InChI=1S/C26H35ClN4O2S/c1-4-30-14-16-31(17-15-30)25-23-9-7-6-8-22(23)19-24(28-25)26(27)12-10-21(11-13-26)18-20(3)29-34(32,33)5-2/h6-12,19-20,29H,4-5,13-18H2,1-3H3. The lowest BCUT2D eigenvalue weighted by Crippen LogP contribution is -2.46. The number of piperazine rings is 1. The van der Waals surface area contributed by atoms with Gasteiger partial charge in [0.15, 0.2) is 0 Å². The molecule has 0 radical (unpaired) electrons. The van der Waals surface area contributed by atoms with E-state index in [0.29, 0.717) is 12.8 Å². The van der Waals surface area contributed by atoms with E-state index in [0.717, 1.165) is 60.6 Å². The van der Waals surface area contributed by atoms with Gasteiger partial charge in [-0.3, -0.25) is 0 Å². The number of rotatable bonds is 8. The van der Waals surface area contributed by atoms with Crippen molar-refractivity contribution in [1.82, 2.24) is 14.6 Å². The van der Waals surface area contributed by atoms with Crippen LogP contribution in [-0.4, -0.2) is 62.8 Å². The summed E-state index contributed by atoms with van der Waals surface area (Å²) in [5.74, 6) is 1.09. The fraction of sp³-hybridized carbons (Fsp3) is 0.500. The Morgan fingerprint density at radius 3 is 2.56 bits per heavy atom. The summed E-state index contributed by atoms with van der Waals surface area (Å²) >= 11 is 7.16. The fourth-order valence-corrected chi connectivity index (χ4v) is 5.79. The molecule has 1 N–H and O–H groups in total. The highest BCUT2D eigenvalue weighted by atomic mass is 35.5. The molecule has 1 fully saturated rings. The monoisotopic (exact) mass is 502 g/mol. The molecule has 0 saturated carbocycles. The number of sulfonamides is 1. The van der Waals surface area contributed by atoms with Gasteiger partial charge in [-0.15, -0.1) is 11.6 Å². The van der Waals surface area contributed by atoms with E-state index in [-0.39, 0.29) is 11.8 Å². The molecule has 1 aliphatic carbocycles. The van der Waals surface area contributed by atoms with Crippen molar-refractivity contribution in [2.45, 2.75) is 44.5 Å². The van der Waals surface area contributed by atoms with Crippen LogP contribution in [0, 0.1) is 0 Å². The SMILES string of the molecule is CCN1CCN(c2nc(C3(Cl)C=CC(CC(C)NS(=O)(=O)CC)=CC3)cc3ccccc23)CC1. The normalized spacial score (nSPS) is 22.7. The van der Waals surface area contributed by atoms with Gasteiger partial charge in [-0.1, -0.05) is 55.0 Å². The first-order valence-corrected chi connectivity index (χ1v) is 14.2. The van der Waals surface area contributed by atoms with Gasteiger partial charge >= 0.3 is 0 Å². The van der Waals surface area contributed by atoms with E-state index in [1.165, 1.54) is 0 Å². The van der Waals surface area contributed by atoms with Gasteiger partial charge in [0, 0.05) is 37.6 Å². The molecule has 0 amide bonds. The van der Waals surface area contributed by atoms with Crippen molar-refractivity contribution in [3.63, 3.8) is 0 Å². The van der Waals surface area contributed by atoms with E-state index < -0.39 is 14.9 Å². The van der Waals surface area contributed by atoms with Crippen LogP contribution >= 0.6 is 11.6 Å².